The molecule has 5 heterocycles. The Balaban J connectivity index is 0.998. The third-order valence-corrected chi connectivity index (χ3v) is 17.8. The van der Waals surface area contributed by atoms with E-state index in [4.69, 9.17) is 37.9 Å². The Morgan fingerprint density at radius 2 is 0.423 bits per heavy atom. The van der Waals surface area contributed by atoms with E-state index in [1.54, 1.807) is 72.8 Å². The first-order chi connectivity index (χ1) is 50.4. The second-order valence-electron chi connectivity index (χ2n) is 23.3. The first kappa shape index (κ1) is 64.0. The molecule has 514 valence electrons. The molecule has 0 aliphatic carbocycles. The standard InChI is InChI=1S/C76H38F12N8O8/c1-97-37-21-25-41(33-17-9-5-13-29(33)37)101-65-57(81)49-45(53(77)61(65)85)69-89-73(49)93-70-46-50(58(82)66(62(86)54(46)78)102-42-26-22-38(98-2)30-14-6-10-18-34(30)42)75(90-70)95-72-48-52(60(84)68(64(88)56(48)80)104-44-28-24-40(100-4)32-16-8-12-20-36(32)44)76(92-72)96-71-47-51(74(91-71)94-69)59(83)67(63(87)55(47)79)103-43-27-23-39(99-3)31-15-7-11-19-35(31)43/h5-28H,1-4H3,(H2,89,90,91,92,93,94,95,96). The predicted octanol–water partition coefficient (Wildman–Crippen LogP) is 20.4. The van der Waals surface area contributed by atoms with E-state index in [0.29, 0.717) is 21.5 Å². The minimum Gasteiger partial charge on any atom is -0.496 e. The van der Waals surface area contributed by atoms with Crippen molar-refractivity contribution >= 4 is 87.2 Å². The van der Waals surface area contributed by atoms with Crippen molar-refractivity contribution in [3.63, 3.8) is 0 Å². The van der Waals surface area contributed by atoms with Gasteiger partial charge in [0.05, 0.1) is 72.2 Å². The average molecular weight is 1420 g/mol. The van der Waals surface area contributed by atoms with E-state index in [9.17, 15) is 0 Å². The van der Waals surface area contributed by atoms with Gasteiger partial charge in [0.25, 0.3) is 0 Å². The van der Waals surface area contributed by atoms with Crippen LogP contribution in [-0.4, -0.2) is 68.3 Å². The van der Waals surface area contributed by atoms with E-state index in [0.717, 1.165) is 0 Å². The van der Waals surface area contributed by atoms with Crippen LogP contribution in [-0.2, 0) is 0 Å². The molecular weight excluding hydrogens is 1380 g/mol. The quantitative estimate of drug-likeness (QED) is 0.0870. The van der Waals surface area contributed by atoms with Crippen molar-refractivity contribution in [3.05, 3.63) is 215 Å². The molecule has 16 nitrogen and oxygen atoms in total. The van der Waals surface area contributed by atoms with Crippen LogP contribution in [0.2, 0.25) is 0 Å². The lowest BCUT2D eigenvalue weighted by Gasteiger charge is -2.15. The summed E-state index contributed by atoms with van der Waals surface area (Å²) < 4.78 is 258. The van der Waals surface area contributed by atoms with Crippen molar-refractivity contribution in [1.29, 1.82) is 0 Å². The van der Waals surface area contributed by atoms with Crippen molar-refractivity contribution < 1.29 is 90.6 Å². The van der Waals surface area contributed by atoms with Gasteiger partial charge < -0.3 is 47.9 Å². The lowest BCUT2D eigenvalue weighted by atomic mass is 10.0. The van der Waals surface area contributed by atoms with Gasteiger partial charge in [0.1, 0.15) is 68.6 Å². The van der Waals surface area contributed by atoms with Crippen LogP contribution < -0.4 is 37.9 Å². The maximum Gasteiger partial charge on any atom is 0.205 e. The Hall–Kier alpha value is -13.4. The number of fused-ring (bicyclic) bond motifs is 24. The second-order valence-corrected chi connectivity index (χ2v) is 23.3. The van der Waals surface area contributed by atoms with E-state index in [-0.39, 0.29) is 67.5 Å². The number of halogens is 12. The lowest BCUT2D eigenvalue weighted by molar-refractivity contribution is 0.390. The van der Waals surface area contributed by atoms with Crippen molar-refractivity contribution in [2.75, 3.05) is 28.4 Å². The summed E-state index contributed by atoms with van der Waals surface area (Å²) >= 11 is 0. The molecule has 0 fully saturated rings. The molecule has 0 amide bonds. The van der Waals surface area contributed by atoms with Crippen molar-refractivity contribution in [3.8, 4) is 115 Å². The average Bonchev–Trinajstić information content (AvgIpc) is 1.56. The van der Waals surface area contributed by atoms with E-state index >= 15 is 52.7 Å². The predicted molar refractivity (Wildman–Crippen MR) is 358 cm³/mol. The molecule has 2 aliphatic rings. The number of aromatic amines is 2. The van der Waals surface area contributed by atoms with Crippen LogP contribution in [0.5, 0.6) is 69.0 Å². The molecule has 12 aromatic carbocycles. The summed E-state index contributed by atoms with van der Waals surface area (Å²) in [6, 6.07) is 35.3. The van der Waals surface area contributed by atoms with Crippen LogP contribution in [0.25, 0.3) is 133 Å². The highest BCUT2D eigenvalue weighted by Gasteiger charge is 2.39. The fourth-order valence-corrected chi connectivity index (χ4v) is 13.1. The largest absolute Gasteiger partial charge is 0.496 e. The van der Waals surface area contributed by atoms with E-state index in [1.165, 1.54) is 101 Å². The van der Waals surface area contributed by atoms with Gasteiger partial charge in [0.2, 0.25) is 46.3 Å². The molecule has 17 rings (SSSR count). The fourth-order valence-electron chi connectivity index (χ4n) is 13.1. The molecule has 104 heavy (non-hydrogen) atoms. The molecule has 15 aromatic rings. The maximum atomic E-state index is 18.2. The van der Waals surface area contributed by atoms with Crippen LogP contribution >= 0.6 is 0 Å². The number of hydrogen-bond acceptors (Lipinski definition) is 14. The van der Waals surface area contributed by atoms with Gasteiger partial charge in [-0.2, -0.15) is 17.6 Å². The normalized spacial score (nSPS) is 11.8. The number of nitrogens with one attached hydrogen (secondary N) is 2. The summed E-state index contributed by atoms with van der Waals surface area (Å²) in [4.78, 5) is 30.6. The molecule has 2 aliphatic heterocycles. The molecular formula is C76H38F12N8O8. The molecule has 0 saturated carbocycles. The topological polar surface area (TPSA) is 183 Å². The van der Waals surface area contributed by atoms with Gasteiger partial charge in [-0.25, -0.2) is 65.0 Å². The summed E-state index contributed by atoms with van der Waals surface area (Å²) in [7, 11) is 5.41. The first-order valence-corrected chi connectivity index (χ1v) is 31.0. The number of hydrogen-bond donors (Lipinski definition) is 2. The summed E-state index contributed by atoms with van der Waals surface area (Å²) in [5, 5.41) is -2.68. The Labute approximate surface area is 573 Å². The lowest BCUT2D eigenvalue weighted by Crippen LogP contribution is -2.02. The highest BCUT2D eigenvalue weighted by Crippen LogP contribution is 2.51. The molecule has 0 atom stereocenters. The Kier molecular flexibility index (Phi) is 14.9. The van der Waals surface area contributed by atoms with Crippen molar-refractivity contribution in [2.24, 2.45) is 0 Å². The molecule has 3 aromatic heterocycles. The summed E-state index contributed by atoms with van der Waals surface area (Å²) in [6.07, 6.45) is 0. The smallest absolute Gasteiger partial charge is 0.205 e. The number of H-pyrrole nitrogens is 2. The van der Waals surface area contributed by atoms with Crippen molar-refractivity contribution in [2.45, 2.75) is 0 Å². The van der Waals surface area contributed by atoms with Crippen LogP contribution in [0.1, 0.15) is 0 Å². The second kappa shape index (κ2) is 24.2. The van der Waals surface area contributed by atoms with Gasteiger partial charge >= 0.3 is 0 Å². The summed E-state index contributed by atoms with van der Waals surface area (Å²) in [6.45, 7) is 0. The van der Waals surface area contributed by atoms with Gasteiger partial charge in [-0.15, -0.1) is 0 Å². The zero-order valence-corrected chi connectivity index (χ0v) is 53.3. The first-order valence-electron chi connectivity index (χ1n) is 31.0. The van der Waals surface area contributed by atoms with Crippen LogP contribution in [0.4, 0.5) is 52.7 Å². The molecule has 0 unspecified atom stereocenters. The minimum absolute atomic E-state index is 0.177. The number of aromatic nitrogens is 8. The molecule has 0 saturated heterocycles. The van der Waals surface area contributed by atoms with Crippen LogP contribution in [0.15, 0.2) is 146 Å². The number of nitrogens with zero attached hydrogens (tertiary/aromatic N) is 6. The number of methoxy groups -OCH3 is 4. The van der Waals surface area contributed by atoms with Gasteiger partial charge in [-0.05, 0) is 48.5 Å². The molecule has 0 radical (unpaired) electrons. The Bertz CT molecular complexity index is 6130. The SMILES string of the molecule is COc1ccc(Oc2c(F)c(F)c3c(c2F)-c2nc-3nc3[nH]c(nc4nc(nc5[nH]c(n2)c2c(F)c(F)c(Oc6ccc(OC)c7ccccc67)c(F)c52)-c2c(F)c(F)c(Oc5ccc(OC)c6ccccc56)c(F)c2-4)c2c(F)c(F)c(Oc4ccc(OC)c5ccccc45)c(F)c32)c2ccccc12. The monoisotopic (exact) mass is 1420 g/mol. The van der Waals surface area contributed by atoms with E-state index in [2.05, 4.69) is 39.9 Å². The zero-order chi connectivity index (χ0) is 72.0. The van der Waals surface area contributed by atoms with Gasteiger partial charge in [-0.3, -0.25) is 0 Å². The fraction of sp³-hybridized carbons (Fsp3) is 0.0526. The van der Waals surface area contributed by atoms with Crippen molar-refractivity contribution in [1.82, 2.24) is 39.9 Å². The van der Waals surface area contributed by atoms with E-state index < -0.39 is 182 Å². The number of benzene rings is 12. The summed E-state index contributed by atoms with van der Waals surface area (Å²) in [5.74, 6) is -34.3. The zero-order valence-electron chi connectivity index (χ0n) is 53.3. The van der Waals surface area contributed by atoms with Gasteiger partial charge in [0, 0.05) is 43.1 Å². The Morgan fingerprint density at radius 1 is 0.221 bits per heavy atom. The minimum atomic E-state index is -2.07. The number of ether oxygens (including phenoxy) is 8. The highest BCUT2D eigenvalue weighted by molar-refractivity contribution is 6.09. The summed E-state index contributed by atoms with van der Waals surface area (Å²) in [5.41, 5.74) is -9.28. The third kappa shape index (κ3) is 9.57. The van der Waals surface area contributed by atoms with Gasteiger partial charge in [0.15, 0.2) is 69.8 Å². The molecule has 8 bridgehead atoms. The van der Waals surface area contributed by atoms with E-state index in [1.807, 2.05) is 0 Å². The van der Waals surface area contributed by atoms with Crippen LogP contribution in [0.3, 0.4) is 0 Å². The maximum absolute atomic E-state index is 18.2. The number of rotatable bonds is 12. The molecule has 0 spiro atoms. The highest BCUT2D eigenvalue weighted by atomic mass is 19.2. The molecule has 28 heteroatoms. The third-order valence-electron chi connectivity index (χ3n) is 17.8. The molecule has 2 N–H and O–H groups in total. The van der Waals surface area contributed by atoms with Gasteiger partial charge in [-0.1, -0.05) is 97.1 Å². The van der Waals surface area contributed by atoms with Crippen LogP contribution in [0, 0.1) is 69.8 Å². The Morgan fingerprint density at radius 3 is 0.673 bits per heavy atom.